The number of anilines is 1. The van der Waals surface area contributed by atoms with Crippen LogP contribution in [-0.2, 0) is 0 Å². The fourth-order valence-electron chi connectivity index (χ4n) is 3.43. The van der Waals surface area contributed by atoms with Crippen molar-refractivity contribution >= 4 is 40.1 Å². The molecule has 3 aromatic rings. The number of carboxylic acid groups (broad SMARTS) is 1. The lowest BCUT2D eigenvalue weighted by atomic mass is 10.0. The fourth-order valence-corrected chi connectivity index (χ4v) is 4.30. The summed E-state index contributed by atoms with van der Waals surface area (Å²) in [5, 5.41) is 17.0. The molecule has 1 aliphatic heterocycles. The van der Waals surface area contributed by atoms with E-state index in [1.54, 1.807) is 19.4 Å². The molecule has 10 heteroatoms. The summed E-state index contributed by atoms with van der Waals surface area (Å²) in [5.41, 5.74) is 2.38. The number of likely N-dealkylation sites (tertiary alicyclic amines) is 1. The summed E-state index contributed by atoms with van der Waals surface area (Å²) in [5.74, 6) is -0.182. The predicted octanol–water partition coefficient (Wildman–Crippen LogP) is 2.60. The third-order valence-corrected chi connectivity index (χ3v) is 5.84. The van der Waals surface area contributed by atoms with Gasteiger partial charge in [0.05, 0.1) is 17.4 Å². The summed E-state index contributed by atoms with van der Waals surface area (Å²) in [6.07, 6.45) is 5.87. The highest BCUT2D eigenvalue weighted by atomic mass is 32.1. The Bertz CT molecular complexity index is 1030. The third-order valence-electron chi connectivity index (χ3n) is 4.81. The average molecular weight is 400 g/mol. The van der Waals surface area contributed by atoms with Gasteiger partial charge in [-0.15, -0.1) is 11.3 Å². The minimum atomic E-state index is -0.900. The third kappa shape index (κ3) is 3.38. The molecule has 4 heterocycles. The van der Waals surface area contributed by atoms with Crippen molar-refractivity contribution < 1.29 is 14.7 Å². The minimum Gasteiger partial charge on any atom is -0.465 e. The summed E-state index contributed by atoms with van der Waals surface area (Å²) >= 11 is 1.29. The first-order valence-corrected chi connectivity index (χ1v) is 9.77. The minimum absolute atomic E-state index is 0.0116. The first kappa shape index (κ1) is 18.2. The Morgan fingerprint density at radius 1 is 1.36 bits per heavy atom. The molecule has 1 unspecified atom stereocenters. The summed E-state index contributed by atoms with van der Waals surface area (Å²) < 4.78 is 0. The van der Waals surface area contributed by atoms with Crippen molar-refractivity contribution in [1.82, 2.24) is 25.2 Å². The molecule has 4 rings (SSSR count). The van der Waals surface area contributed by atoms with Gasteiger partial charge < -0.3 is 25.6 Å². The number of rotatable bonds is 4. The maximum Gasteiger partial charge on any atom is 0.407 e. The largest absolute Gasteiger partial charge is 0.465 e. The van der Waals surface area contributed by atoms with E-state index in [0.717, 1.165) is 35.1 Å². The summed E-state index contributed by atoms with van der Waals surface area (Å²) in [6, 6.07) is 1.92. The maximum absolute atomic E-state index is 11.9. The van der Waals surface area contributed by atoms with Crippen LogP contribution in [0.4, 0.5) is 10.5 Å². The van der Waals surface area contributed by atoms with Crippen molar-refractivity contribution in [2.75, 3.05) is 25.5 Å². The number of carbonyl (C=O) groups excluding carboxylic acids is 1. The molecule has 0 bridgehead atoms. The van der Waals surface area contributed by atoms with Gasteiger partial charge in [0.15, 0.2) is 0 Å². The van der Waals surface area contributed by atoms with Crippen molar-refractivity contribution in [3.05, 3.63) is 29.5 Å². The van der Waals surface area contributed by atoms with Crippen LogP contribution in [0.3, 0.4) is 0 Å². The van der Waals surface area contributed by atoms with Crippen LogP contribution in [-0.4, -0.2) is 63.1 Å². The number of hydrogen-bond donors (Lipinski definition) is 4. The fraction of sp³-hybridized carbons (Fsp3) is 0.333. The molecule has 1 fully saturated rings. The lowest BCUT2D eigenvalue weighted by molar-refractivity contribution is 0.0966. The number of hydrogen-bond acceptors (Lipinski definition) is 6. The molecule has 2 amide bonds. The monoisotopic (exact) mass is 400 g/mol. The van der Waals surface area contributed by atoms with Crippen LogP contribution in [0.15, 0.2) is 24.7 Å². The van der Waals surface area contributed by atoms with Crippen LogP contribution in [0.2, 0.25) is 0 Å². The molecule has 0 saturated carbocycles. The number of piperidine rings is 1. The average Bonchev–Trinajstić information content (AvgIpc) is 3.37. The molecular weight excluding hydrogens is 380 g/mol. The van der Waals surface area contributed by atoms with Crippen molar-refractivity contribution in [3.63, 3.8) is 0 Å². The number of H-pyrrole nitrogens is 1. The van der Waals surface area contributed by atoms with Crippen molar-refractivity contribution in [1.29, 1.82) is 0 Å². The van der Waals surface area contributed by atoms with Gasteiger partial charge in [-0.3, -0.25) is 4.79 Å². The highest BCUT2D eigenvalue weighted by Crippen LogP contribution is 2.36. The topological polar surface area (TPSA) is 123 Å². The van der Waals surface area contributed by atoms with Gasteiger partial charge in [-0.1, -0.05) is 0 Å². The zero-order chi connectivity index (χ0) is 19.7. The molecule has 0 radical (unpaired) electrons. The second kappa shape index (κ2) is 7.47. The van der Waals surface area contributed by atoms with Gasteiger partial charge in [0.1, 0.15) is 15.5 Å². The second-order valence-electron chi connectivity index (χ2n) is 6.61. The zero-order valence-corrected chi connectivity index (χ0v) is 16.0. The Kier molecular flexibility index (Phi) is 4.86. The molecule has 3 aromatic heterocycles. The second-order valence-corrected chi connectivity index (χ2v) is 7.64. The predicted molar refractivity (Wildman–Crippen MR) is 107 cm³/mol. The normalized spacial score (nSPS) is 16.9. The molecule has 28 heavy (non-hydrogen) atoms. The van der Waals surface area contributed by atoms with E-state index in [4.69, 9.17) is 0 Å². The van der Waals surface area contributed by atoms with Crippen LogP contribution in [0.25, 0.3) is 21.6 Å². The first-order chi connectivity index (χ1) is 13.6. The number of pyridine rings is 1. The quantitative estimate of drug-likeness (QED) is 0.534. The molecule has 9 nitrogen and oxygen atoms in total. The molecule has 146 valence electrons. The molecule has 0 aromatic carbocycles. The Morgan fingerprint density at radius 2 is 2.21 bits per heavy atom. The summed E-state index contributed by atoms with van der Waals surface area (Å²) in [6.45, 7) is 0.975. The number of thiazole rings is 1. The van der Waals surface area contributed by atoms with E-state index in [9.17, 15) is 14.7 Å². The lowest BCUT2D eigenvalue weighted by Crippen LogP contribution is -2.44. The summed E-state index contributed by atoms with van der Waals surface area (Å²) in [7, 11) is 1.58. The van der Waals surface area contributed by atoms with Crippen molar-refractivity contribution in [2.24, 2.45) is 0 Å². The maximum atomic E-state index is 11.9. The Morgan fingerprint density at radius 3 is 3.00 bits per heavy atom. The molecule has 0 aliphatic carbocycles. The standard InChI is InChI=1S/C18H20N6O3S/c1-19-16(25)13-8-22-17(28-13)12-7-21-15-11(4-5-20-15)14(12)23-10-3-2-6-24(9-10)18(26)27/h4-5,7-8,10H,2-3,6,9H2,1H3,(H,19,25)(H,26,27)(H2,20,21,23). The van der Waals surface area contributed by atoms with Crippen LogP contribution in [0.1, 0.15) is 22.5 Å². The van der Waals surface area contributed by atoms with Gasteiger partial charge in [-0.05, 0) is 18.9 Å². The highest BCUT2D eigenvalue weighted by molar-refractivity contribution is 7.17. The van der Waals surface area contributed by atoms with E-state index in [1.807, 2.05) is 12.3 Å². The van der Waals surface area contributed by atoms with E-state index >= 15 is 0 Å². The highest BCUT2D eigenvalue weighted by Gasteiger charge is 2.25. The van der Waals surface area contributed by atoms with Gasteiger partial charge in [0, 0.05) is 44.0 Å². The zero-order valence-electron chi connectivity index (χ0n) is 15.2. The number of amides is 2. The Balaban J connectivity index is 1.71. The SMILES string of the molecule is CNC(=O)c1cnc(-c2cnc3[nH]ccc3c2NC2CCCN(C(=O)O)C2)s1. The number of aromatic nitrogens is 3. The summed E-state index contributed by atoms with van der Waals surface area (Å²) in [4.78, 5) is 37.2. The molecule has 4 N–H and O–H groups in total. The molecule has 1 saturated heterocycles. The number of carbonyl (C=O) groups is 2. The van der Waals surface area contributed by atoms with Gasteiger partial charge in [0.2, 0.25) is 0 Å². The Labute approximate surface area is 164 Å². The van der Waals surface area contributed by atoms with E-state index in [0.29, 0.717) is 23.0 Å². The Hall–Kier alpha value is -3.14. The molecule has 0 spiro atoms. The van der Waals surface area contributed by atoms with Crippen LogP contribution in [0.5, 0.6) is 0 Å². The molecule has 1 atom stereocenters. The van der Waals surface area contributed by atoms with E-state index in [2.05, 4.69) is 25.6 Å². The van der Waals surface area contributed by atoms with E-state index in [-0.39, 0.29) is 11.9 Å². The molecular formula is C18H20N6O3S. The van der Waals surface area contributed by atoms with Gasteiger partial charge >= 0.3 is 6.09 Å². The number of aromatic amines is 1. The van der Waals surface area contributed by atoms with Crippen LogP contribution in [0, 0.1) is 0 Å². The molecule has 1 aliphatic rings. The number of nitrogens with zero attached hydrogens (tertiary/aromatic N) is 3. The lowest BCUT2D eigenvalue weighted by Gasteiger charge is -2.32. The van der Waals surface area contributed by atoms with E-state index in [1.165, 1.54) is 16.2 Å². The van der Waals surface area contributed by atoms with Gasteiger partial charge in [0.25, 0.3) is 5.91 Å². The van der Waals surface area contributed by atoms with Gasteiger partial charge in [-0.2, -0.15) is 0 Å². The first-order valence-electron chi connectivity index (χ1n) is 8.95. The van der Waals surface area contributed by atoms with E-state index < -0.39 is 6.09 Å². The smallest absolute Gasteiger partial charge is 0.407 e. The van der Waals surface area contributed by atoms with Crippen molar-refractivity contribution in [3.8, 4) is 10.6 Å². The van der Waals surface area contributed by atoms with Crippen molar-refractivity contribution in [2.45, 2.75) is 18.9 Å². The number of nitrogens with one attached hydrogen (secondary N) is 3. The van der Waals surface area contributed by atoms with Crippen LogP contribution >= 0.6 is 11.3 Å². The van der Waals surface area contributed by atoms with Gasteiger partial charge in [-0.25, -0.2) is 14.8 Å². The van der Waals surface area contributed by atoms with Crippen LogP contribution < -0.4 is 10.6 Å². The number of fused-ring (bicyclic) bond motifs is 1.